The van der Waals surface area contributed by atoms with Crippen LogP contribution in [0.1, 0.15) is 31.4 Å². The molecule has 0 aromatic carbocycles. The van der Waals surface area contributed by atoms with E-state index in [1.165, 1.54) is 25.1 Å². The molecule has 92 valence electrons. The lowest BCUT2D eigenvalue weighted by molar-refractivity contribution is 0.618. The first-order valence-corrected chi connectivity index (χ1v) is 5.91. The predicted octanol–water partition coefficient (Wildman–Crippen LogP) is 1.57. The Labute approximate surface area is 100 Å². The van der Waals surface area contributed by atoms with Gasteiger partial charge >= 0.3 is 0 Å². The van der Waals surface area contributed by atoms with Gasteiger partial charge < -0.3 is 11.1 Å². The second-order valence-corrected chi connectivity index (χ2v) is 4.29. The van der Waals surface area contributed by atoms with E-state index in [0.29, 0.717) is 24.2 Å². The minimum atomic E-state index is -0.338. The summed E-state index contributed by atoms with van der Waals surface area (Å²) in [7, 11) is 0. The highest BCUT2D eigenvalue weighted by atomic mass is 19.1. The Bertz CT molecular complexity index is 382. The van der Waals surface area contributed by atoms with Crippen LogP contribution >= 0.6 is 0 Å². The number of halogens is 1. The molecule has 0 atom stereocenters. The van der Waals surface area contributed by atoms with Crippen molar-refractivity contribution in [2.24, 2.45) is 10.7 Å². The van der Waals surface area contributed by atoms with Gasteiger partial charge in [-0.3, -0.25) is 4.98 Å². The molecule has 0 spiro atoms. The molecule has 1 heterocycles. The number of aromatic nitrogens is 1. The highest BCUT2D eigenvalue weighted by Gasteiger charge is 2.14. The molecule has 2 rings (SSSR count). The van der Waals surface area contributed by atoms with Crippen LogP contribution in [0.15, 0.2) is 23.3 Å². The predicted molar refractivity (Wildman–Crippen MR) is 64.9 cm³/mol. The molecule has 0 unspecified atom stereocenters. The quantitative estimate of drug-likeness (QED) is 0.618. The molecule has 1 saturated carbocycles. The molecular weight excluding hydrogens is 219 g/mol. The van der Waals surface area contributed by atoms with Crippen molar-refractivity contribution in [1.29, 1.82) is 0 Å². The zero-order chi connectivity index (χ0) is 12.1. The molecule has 1 fully saturated rings. The fraction of sp³-hybridized carbons (Fsp3) is 0.500. The second kappa shape index (κ2) is 5.61. The third kappa shape index (κ3) is 3.69. The van der Waals surface area contributed by atoms with Crippen LogP contribution in [0.5, 0.6) is 0 Å². The van der Waals surface area contributed by atoms with Crippen LogP contribution < -0.4 is 11.1 Å². The van der Waals surface area contributed by atoms with Crippen molar-refractivity contribution in [3.05, 3.63) is 29.8 Å². The first-order chi connectivity index (χ1) is 8.24. The van der Waals surface area contributed by atoms with E-state index in [1.54, 1.807) is 6.07 Å². The van der Waals surface area contributed by atoms with Gasteiger partial charge in [-0.15, -0.1) is 0 Å². The highest BCUT2D eigenvalue weighted by molar-refractivity contribution is 5.78. The van der Waals surface area contributed by atoms with E-state index in [9.17, 15) is 4.39 Å². The molecule has 0 bridgehead atoms. The summed E-state index contributed by atoms with van der Waals surface area (Å²) in [6.07, 6.45) is 6.01. The van der Waals surface area contributed by atoms with Gasteiger partial charge in [-0.25, -0.2) is 9.38 Å². The van der Waals surface area contributed by atoms with E-state index in [4.69, 9.17) is 5.73 Å². The Hall–Kier alpha value is -1.65. The number of rotatable bonds is 3. The molecule has 1 aromatic rings. The fourth-order valence-corrected chi connectivity index (χ4v) is 1.99. The van der Waals surface area contributed by atoms with Gasteiger partial charge in [0, 0.05) is 6.04 Å². The van der Waals surface area contributed by atoms with Crippen molar-refractivity contribution < 1.29 is 4.39 Å². The summed E-state index contributed by atoms with van der Waals surface area (Å²) in [5.74, 6) is 0.109. The van der Waals surface area contributed by atoms with Gasteiger partial charge in [0.25, 0.3) is 0 Å². The van der Waals surface area contributed by atoms with Crippen molar-refractivity contribution in [2.45, 2.75) is 38.3 Å². The molecule has 3 N–H and O–H groups in total. The largest absolute Gasteiger partial charge is 0.370 e. The van der Waals surface area contributed by atoms with Gasteiger partial charge in [0.2, 0.25) is 0 Å². The first kappa shape index (κ1) is 11.8. The lowest BCUT2D eigenvalue weighted by atomic mass is 10.2. The normalized spacial score (nSPS) is 17.4. The van der Waals surface area contributed by atoms with Crippen molar-refractivity contribution in [1.82, 2.24) is 10.3 Å². The van der Waals surface area contributed by atoms with Crippen LogP contribution in [0.4, 0.5) is 4.39 Å². The number of hydrogen-bond acceptors (Lipinski definition) is 2. The average molecular weight is 236 g/mol. The average Bonchev–Trinajstić information content (AvgIpc) is 2.81. The Kier molecular flexibility index (Phi) is 3.90. The maximum absolute atomic E-state index is 12.6. The number of nitrogens with zero attached hydrogens (tertiary/aromatic N) is 2. The monoisotopic (exact) mass is 236 g/mol. The summed E-state index contributed by atoms with van der Waals surface area (Å²) in [5.41, 5.74) is 6.48. The van der Waals surface area contributed by atoms with Crippen molar-refractivity contribution in [3.63, 3.8) is 0 Å². The fourth-order valence-electron chi connectivity index (χ4n) is 1.99. The number of guanidine groups is 1. The third-order valence-corrected chi connectivity index (χ3v) is 2.91. The number of aliphatic imine (C=N–C) groups is 1. The minimum absolute atomic E-state index is 0.338. The Morgan fingerprint density at radius 3 is 2.88 bits per heavy atom. The standard InChI is InChI=1S/C12H17FN4/c13-9-5-6-11(15-7-9)8-16-12(14)17-10-3-1-2-4-10/h5-7,10H,1-4,8H2,(H3,14,16,17). The molecule has 0 amide bonds. The van der Waals surface area contributed by atoms with Crippen LogP contribution in [-0.2, 0) is 6.54 Å². The maximum atomic E-state index is 12.6. The lowest BCUT2D eigenvalue weighted by Crippen LogP contribution is -2.38. The summed E-state index contributed by atoms with van der Waals surface area (Å²) in [4.78, 5) is 8.10. The van der Waals surface area contributed by atoms with Crippen LogP contribution in [0.2, 0.25) is 0 Å². The van der Waals surface area contributed by atoms with Gasteiger partial charge in [0.1, 0.15) is 5.82 Å². The smallest absolute Gasteiger partial charge is 0.189 e. The second-order valence-electron chi connectivity index (χ2n) is 4.29. The van der Waals surface area contributed by atoms with Gasteiger partial charge in [0.15, 0.2) is 5.96 Å². The van der Waals surface area contributed by atoms with E-state index < -0.39 is 0 Å². The molecule has 0 radical (unpaired) electrons. The number of hydrogen-bond donors (Lipinski definition) is 2. The minimum Gasteiger partial charge on any atom is -0.370 e. The highest BCUT2D eigenvalue weighted by Crippen LogP contribution is 2.17. The van der Waals surface area contributed by atoms with Crippen LogP contribution in [-0.4, -0.2) is 17.0 Å². The summed E-state index contributed by atoms with van der Waals surface area (Å²) in [6, 6.07) is 3.44. The van der Waals surface area contributed by atoms with Gasteiger partial charge in [-0.1, -0.05) is 12.8 Å². The summed E-state index contributed by atoms with van der Waals surface area (Å²) < 4.78 is 12.6. The number of nitrogens with two attached hydrogens (primary N) is 1. The van der Waals surface area contributed by atoms with Gasteiger partial charge in [0.05, 0.1) is 18.4 Å². The van der Waals surface area contributed by atoms with Crippen molar-refractivity contribution in [2.75, 3.05) is 0 Å². The molecule has 0 aliphatic heterocycles. The van der Waals surface area contributed by atoms with Crippen molar-refractivity contribution >= 4 is 5.96 Å². The summed E-state index contributed by atoms with van der Waals surface area (Å²) in [6.45, 7) is 0.381. The van der Waals surface area contributed by atoms with Crippen LogP contribution in [0.25, 0.3) is 0 Å². The Morgan fingerprint density at radius 2 is 2.24 bits per heavy atom. The van der Waals surface area contributed by atoms with E-state index in [0.717, 1.165) is 12.8 Å². The van der Waals surface area contributed by atoms with Gasteiger partial charge in [-0.2, -0.15) is 0 Å². The molecule has 1 aromatic heterocycles. The van der Waals surface area contributed by atoms with Crippen molar-refractivity contribution in [3.8, 4) is 0 Å². The molecule has 1 aliphatic rings. The third-order valence-electron chi connectivity index (χ3n) is 2.91. The number of pyridine rings is 1. The van der Waals surface area contributed by atoms with Crippen LogP contribution in [0.3, 0.4) is 0 Å². The number of nitrogens with one attached hydrogen (secondary N) is 1. The SMILES string of the molecule is NC(=NCc1ccc(F)cn1)NC1CCCC1. The van der Waals surface area contributed by atoms with E-state index in [1.807, 2.05) is 0 Å². The lowest BCUT2D eigenvalue weighted by Gasteiger charge is -2.11. The molecule has 4 nitrogen and oxygen atoms in total. The Balaban J connectivity index is 1.84. The van der Waals surface area contributed by atoms with Gasteiger partial charge in [-0.05, 0) is 25.0 Å². The molecular formula is C12H17FN4. The van der Waals surface area contributed by atoms with E-state index >= 15 is 0 Å². The zero-order valence-corrected chi connectivity index (χ0v) is 9.69. The summed E-state index contributed by atoms with van der Waals surface area (Å²) >= 11 is 0. The zero-order valence-electron chi connectivity index (χ0n) is 9.69. The molecule has 17 heavy (non-hydrogen) atoms. The van der Waals surface area contributed by atoms with E-state index in [-0.39, 0.29) is 5.82 Å². The topological polar surface area (TPSA) is 63.3 Å². The molecule has 5 heteroatoms. The first-order valence-electron chi connectivity index (χ1n) is 5.91. The van der Waals surface area contributed by atoms with E-state index in [2.05, 4.69) is 15.3 Å². The van der Waals surface area contributed by atoms with Crippen LogP contribution in [0, 0.1) is 5.82 Å². The molecule has 0 saturated heterocycles. The molecule has 1 aliphatic carbocycles. The Morgan fingerprint density at radius 1 is 1.47 bits per heavy atom. The maximum Gasteiger partial charge on any atom is 0.189 e. The summed E-state index contributed by atoms with van der Waals surface area (Å²) in [5, 5.41) is 3.19.